The summed E-state index contributed by atoms with van der Waals surface area (Å²) in [6, 6.07) is 6.09. The standard InChI is InChI=1S/C14H20N2O5S/c1-10-8-16(9-11(2)21-10)22(19,20)15-7-12-3-5-13(6-4-12)14(17)18/h3-6,10-11,15H,7-9H2,1-2H3,(H,17,18). The summed E-state index contributed by atoms with van der Waals surface area (Å²) in [5.41, 5.74) is 0.866. The van der Waals surface area contributed by atoms with Crippen molar-refractivity contribution in [2.45, 2.75) is 32.6 Å². The molecule has 122 valence electrons. The number of carboxylic acid groups (broad SMARTS) is 1. The fraction of sp³-hybridized carbons (Fsp3) is 0.500. The van der Waals surface area contributed by atoms with Crippen LogP contribution in [-0.4, -0.2) is 49.1 Å². The monoisotopic (exact) mass is 328 g/mol. The zero-order valence-corrected chi connectivity index (χ0v) is 13.3. The predicted octanol–water partition coefficient (Wildman–Crippen LogP) is 0.828. The van der Waals surface area contributed by atoms with Gasteiger partial charge in [-0.05, 0) is 31.5 Å². The molecule has 7 nitrogen and oxygen atoms in total. The van der Waals surface area contributed by atoms with Crippen molar-refractivity contribution in [2.24, 2.45) is 0 Å². The Morgan fingerprint density at radius 1 is 1.27 bits per heavy atom. The Morgan fingerprint density at radius 3 is 2.32 bits per heavy atom. The normalized spacial score (nSPS) is 23.4. The predicted molar refractivity (Wildman–Crippen MR) is 80.7 cm³/mol. The third kappa shape index (κ3) is 4.26. The Labute approximate surface area is 130 Å². The van der Waals surface area contributed by atoms with Crippen LogP contribution in [0, 0.1) is 0 Å². The molecule has 1 fully saturated rings. The van der Waals surface area contributed by atoms with E-state index in [2.05, 4.69) is 4.72 Å². The maximum atomic E-state index is 12.3. The van der Waals surface area contributed by atoms with Crippen LogP contribution in [0.25, 0.3) is 0 Å². The van der Waals surface area contributed by atoms with Gasteiger partial charge in [0.25, 0.3) is 10.2 Å². The molecule has 0 amide bonds. The summed E-state index contributed by atoms with van der Waals surface area (Å²) < 4.78 is 34.0. The number of nitrogens with zero attached hydrogens (tertiary/aromatic N) is 1. The Hall–Kier alpha value is -1.48. The molecule has 1 saturated heterocycles. The van der Waals surface area contributed by atoms with Crippen molar-refractivity contribution in [3.05, 3.63) is 35.4 Å². The maximum absolute atomic E-state index is 12.3. The van der Waals surface area contributed by atoms with Gasteiger partial charge in [0, 0.05) is 19.6 Å². The molecule has 8 heteroatoms. The lowest BCUT2D eigenvalue weighted by atomic mass is 10.1. The molecule has 0 spiro atoms. The van der Waals surface area contributed by atoms with Crippen molar-refractivity contribution in [1.82, 2.24) is 9.03 Å². The van der Waals surface area contributed by atoms with E-state index in [1.54, 1.807) is 12.1 Å². The highest BCUT2D eigenvalue weighted by Crippen LogP contribution is 2.14. The average Bonchev–Trinajstić information content (AvgIpc) is 2.44. The van der Waals surface area contributed by atoms with Crippen LogP contribution in [0.3, 0.4) is 0 Å². The van der Waals surface area contributed by atoms with E-state index in [1.807, 2.05) is 13.8 Å². The lowest BCUT2D eigenvalue weighted by Crippen LogP contribution is -2.51. The smallest absolute Gasteiger partial charge is 0.335 e. The van der Waals surface area contributed by atoms with Crippen molar-refractivity contribution in [3.63, 3.8) is 0 Å². The summed E-state index contributed by atoms with van der Waals surface area (Å²) in [5, 5.41) is 8.82. The van der Waals surface area contributed by atoms with Gasteiger partial charge in [0.15, 0.2) is 0 Å². The minimum absolute atomic E-state index is 0.113. The Balaban J connectivity index is 1.98. The second kappa shape index (κ2) is 6.74. The average molecular weight is 328 g/mol. The second-order valence-electron chi connectivity index (χ2n) is 5.40. The zero-order valence-electron chi connectivity index (χ0n) is 12.5. The molecular weight excluding hydrogens is 308 g/mol. The molecule has 0 aliphatic carbocycles. The highest BCUT2D eigenvalue weighted by atomic mass is 32.2. The summed E-state index contributed by atoms with van der Waals surface area (Å²) >= 11 is 0. The van der Waals surface area contributed by atoms with Crippen LogP contribution >= 0.6 is 0 Å². The van der Waals surface area contributed by atoms with E-state index in [0.717, 1.165) is 0 Å². The molecular formula is C14H20N2O5S. The third-order valence-electron chi connectivity index (χ3n) is 3.39. The highest BCUT2D eigenvalue weighted by Gasteiger charge is 2.30. The summed E-state index contributed by atoms with van der Waals surface area (Å²) in [5.74, 6) is -1.01. The first kappa shape index (κ1) is 16.9. The quantitative estimate of drug-likeness (QED) is 0.834. The summed E-state index contributed by atoms with van der Waals surface area (Å²) in [4.78, 5) is 10.8. The van der Waals surface area contributed by atoms with Gasteiger partial charge >= 0.3 is 5.97 Å². The van der Waals surface area contributed by atoms with Crippen molar-refractivity contribution in [2.75, 3.05) is 13.1 Å². The first-order valence-electron chi connectivity index (χ1n) is 7.00. The number of carbonyl (C=O) groups is 1. The number of nitrogens with one attached hydrogen (secondary N) is 1. The molecule has 1 aromatic carbocycles. The summed E-state index contributed by atoms with van der Waals surface area (Å²) in [6.45, 7) is 4.42. The SMILES string of the molecule is CC1CN(S(=O)(=O)NCc2ccc(C(=O)O)cc2)CC(C)O1. The fourth-order valence-electron chi connectivity index (χ4n) is 2.36. The van der Waals surface area contributed by atoms with E-state index >= 15 is 0 Å². The van der Waals surface area contributed by atoms with Gasteiger partial charge in [-0.2, -0.15) is 17.4 Å². The number of hydrogen-bond donors (Lipinski definition) is 2. The molecule has 2 unspecified atom stereocenters. The van der Waals surface area contributed by atoms with Crippen LogP contribution in [0.2, 0.25) is 0 Å². The van der Waals surface area contributed by atoms with Crippen molar-refractivity contribution in [1.29, 1.82) is 0 Å². The van der Waals surface area contributed by atoms with Crippen molar-refractivity contribution >= 4 is 16.2 Å². The molecule has 0 bridgehead atoms. The van der Waals surface area contributed by atoms with Gasteiger partial charge in [-0.1, -0.05) is 12.1 Å². The van der Waals surface area contributed by atoms with Gasteiger partial charge in [-0.25, -0.2) is 4.79 Å². The Bertz CT molecular complexity index is 619. The van der Waals surface area contributed by atoms with Crippen molar-refractivity contribution in [3.8, 4) is 0 Å². The topological polar surface area (TPSA) is 95.9 Å². The fourth-order valence-corrected chi connectivity index (χ4v) is 3.70. The van der Waals surface area contributed by atoms with E-state index in [9.17, 15) is 13.2 Å². The van der Waals surface area contributed by atoms with Crippen LogP contribution < -0.4 is 4.72 Å². The number of hydrogen-bond acceptors (Lipinski definition) is 4. The van der Waals surface area contributed by atoms with E-state index in [-0.39, 0.29) is 24.3 Å². The highest BCUT2D eigenvalue weighted by molar-refractivity contribution is 7.87. The molecule has 1 aliphatic rings. The van der Waals surface area contributed by atoms with E-state index in [1.165, 1.54) is 16.4 Å². The van der Waals surface area contributed by atoms with Crippen molar-refractivity contribution < 1.29 is 23.1 Å². The first-order chi connectivity index (χ1) is 10.3. The molecule has 2 N–H and O–H groups in total. The van der Waals surface area contributed by atoms with Crippen LogP contribution in [0.15, 0.2) is 24.3 Å². The van der Waals surface area contributed by atoms with Gasteiger partial charge in [-0.3, -0.25) is 0 Å². The summed E-state index contributed by atoms with van der Waals surface area (Å²) in [6.07, 6.45) is -0.287. The number of aromatic carboxylic acids is 1. The minimum Gasteiger partial charge on any atom is -0.478 e. The molecule has 2 rings (SSSR count). The number of benzene rings is 1. The molecule has 22 heavy (non-hydrogen) atoms. The van der Waals surface area contributed by atoms with Gasteiger partial charge in [0.2, 0.25) is 0 Å². The molecule has 1 aromatic rings. The van der Waals surface area contributed by atoms with Gasteiger partial charge < -0.3 is 9.84 Å². The van der Waals surface area contributed by atoms with Crippen LogP contribution in [0.4, 0.5) is 0 Å². The van der Waals surface area contributed by atoms with E-state index < -0.39 is 16.2 Å². The lowest BCUT2D eigenvalue weighted by Gasteiger charge is -2.34. The molecule has 0 radical (unpaired) electrons. The van der Waals surface area contributed by atoms with Gasteiger partial charge in [0.1, 0.15) is 0 Å². The van der Waals surface area contributed by atoms with E-state index in [4.69, 9.17) is 9.84 Å². The third-order valence-corrected chi connectivity index (χ3v) is 4.87. The minimum atomic E-state index is -3.59. The zero-order chi connectivity index (χ0) is 16.3. The van der Waals surface area contributed by atoms with Gasteiger partial charge in [-0.15, -0.1) is 0 Å². The Morgan fingerprint density at radius 2 is 1.82 bits per heavy atom. The molecule has 1 aliphatic heterocycles. The summed E-state index contributed by atoms with van der Waals surface area (Å²) in [7, 11) is -3.59. The lowest BCUT2D eigenvalue weighted by molar-refractivity contribution is -0.0444. The number of carboxylic acids is 1. The van der Waals surface area contributed by atoms with Crippen LogP contribution in [0.5, 0.6) is 0 Å². The molecule has 1 heterocycles. The maximum Gasteiger partial charge on any atom is 0.335 e. The number of ether oxygens (including phenoxy) is 1. The first-order valence-corrected chi connectivity index (χ1v) is 8.44. The number of rotatable bonds is 5. The second-order valence-corrected chi connectivity index (χ2v) is 7.16. The molecule has 2 atom stereocenters. The molecule has 0 aromatic heterocycles. The Kier molecular flexibility index (Phi) is 5.17. The van der Waals surface area contributed by atoms with Crippen LogP contribution in [0.1, 0.15) is 29.8 Å². The largest absolute Gasteiger partial charge is 0.478 e. The van der Waals surface area contributed by atoms with Gasteiger partial charge in [0.05, 0.1) is 17.8 Å². The van der Waals surface area contributed by atoms with E-state index in [0.29, 0.717) is 18.7 Å². The van der Waals surface area contributed by atoms with Crippen LogP contribution in [-0.2, 0) is 21.5 Å². The molecule has 0 saturated carbocycles. The number of morpholine rings is 1.